The summed E-state index contributed by atoms with van der Waals surface area (Å²) < 4.78 is 13.9. The Balaban J connectivity index is 1.72. The highest BCUT2D eigenvalue weighted by atomic mass is 16.6. The molecule has 31 heavy (non-hydrogen) atoms. The van der Waals surface area contributed by atoms with Crippen LogP contribution < -0.4 is 5.32 Å². The van der Waals surface area contributed by atoms with Gasteiger partial charge in [0.25, 0.3) is 0 Å². The van der Waals surface area contributed by atoms with E-state index in [0.29, 0.717) is 32.1 Å². The third-order valence-corrected chi connectivity index (χ3v) is 6.09. The fraction of sp³-hybridized carbons (Fsp3) is 0.391. The number of hydrogen-bond acceptors (Lipinski definition) is 6. The van der Waals surface area contributed by atoms with E-state index < -0.39 is 5.60 Å². The van der Waals surface area contributed by atoms with Crippen LogP contribution in [0, 0.1) is 11.3 Å². The molecule has 1 saturated heterocycles. The van der Waals surface area contributed by atoms with Crippen molar-refractivity contribution in [2.75, 3.05) is 25.1 Å². The second kappa shape index (κ2) is 7.45. The Morgan fingerprint density at radius 3 is 3.00 bits per heavy atom. The van der Waals surface area contributed by atoms with Gasteiger partial charge in [-0.15, -0.1) is 0 Å². The minimum Gasteiger partial charge on any atom is -0.378 e. The van der Waals surface area contributed by atoms with E-state index in [1.165, 1.54) is 6.92 Å². The Bertz CT molecular complexity index is 1230. The second-order valence-electron chi connectivity index (χ2n) is 8.15. The number of anilines is 1. The molecule has 2 aliphatic rings. The van der Waals surface area contributed by atoms with Crippen molar-refractivity contribution >= 4 is 22.6 Å². The summed E-state index contributed by atoms with van der Waals surface area (Å²) >= 11 is 0. The van der Waals surface area contributed by atoms with E-state index in [9.17, 15) is 10.1 Å². The van der Waals surface area contributed by atoms with Gasteiger partial charge in [0.05, 0.1) is 48.8 Å². The molecule has 0 aliphatic carbocycles. The van der Waals surface area contributed by atoms with Crippen molar-refractivity contribution in [3.05, 3.63) is 41.3 Å². The van der Waals surface area contributed by atoms with Crippen molar-refractivity contribution in [1.29, 1.82) is 5.26 Å². The van der Waals surface area contributed by atoms with Gasteiger partial charge in [-0.2, -0.15) is 5.26 Å². The summed E-state index contributed by atoms with van der Waals surface area (Å²) in [6.07, 6.45) is 5.57. The fourth-order valence-electron chi connectivity index (χ4n) is 4.66. The smallest absolute Gasteiger partial charge is 0.222 e. The molecular formula is C23H23N5O3. The minimum atomic E-state index is -0.540. The Hall–Kier alpha value is -3.28. The van der Waals surface area contributed by atoms with Crippen LogP contribution in [0.3, 0.4) is 0 Å². The van der Waals surface area contributed by atoms with Crippen LogP contribution in [0.15, 0.2) is 24.5 Å². The van der Waals surface area contributed by atoms with Gasteiger partial charge >= 0.3 is 0 Å². The molecule has 3 aromatic rings. The molecule has 8 nitrogen and oxygen atoms in total. The number of aryl methyl sites for hydroxylation is 1. The zero-order valence-electron chi connectivity index (χ0n) is 17.6. The van der Waals surface area contributed by atoms with Gasteiger partial charge in [0.2, 0.25) is 5.91 Å². The van der Waals surface area contributed by atoms with Crippen LogP contribution in [-0.2, 0) is 39.8 Å². The van der Waals surface area contributed by atoms with Crippen LogP contribution in [0.2, 0.25) is 0 Å². The number of ether oxygens (including phenoxy) is 2. The summed E-state index contributed by atoms with van der Waals surface area (Å²) in [6, 6.07) is 6.18. The number of rotatable bonds is 3. The Labute approximate surface area is 179 Å². The van der Waals surface area contributed by atoms with E-state index in [2.05, 4.69) is 16.4 Å². The number of hydrogen-bond donors (Lipinski definition) is 1. The number of amides is 1. The van der Waals surface area contributed by atoms with Crippen molar-refractivity contribution in [2.45, 2.75) is 31.8 Å². The van der Waals surface area contributed by atoms with Gasteiger partial charge in [0.1, 0.15) is 11.4 Å². The van der Waals surface area contributed by atoms with Gasteiger partial charge in [-0.1, -0.05) is 0 Å². The summed E-state index contributed by atoms with van der Waals surface area (Å²) in [6.45, 7) is 3.18. The molecule has 8 heteroatoms. The van der Waals surface area contributed by atoms with Gasteiger partial charge in [0.15, 0.2) is 0 Å². The Morgan fingerprint density at radius 1 is 1.39 bits per heavy atom. The van der Waals surface area contributed by atoms with E-state index in [0.717, 1.165) is 51.8 Å². The van der Waals surface area contributed by atoms with Crippen LogP contribution in [0.25, 0.3) is 22.2 Å². The van der Waals surface area contributed by atoms with Crippen LogP contribution in [0.4, 0.5) is 5.82 Å². The van der Waals surface area contributed by atoms with E-state index in [-0.39, 0.29) is 5.91 Å². The number of carbonyl (C=O) groups excluding carboxylic acids is 1. The van der Waals surface area contributed by atoms with Crippen molar-refractivity contribution in [1.82, 2.24) is 14.5 Å². The number of fused-ring (bicyclic) bond motifs is 3. The monoisotopic (exact) mass is 417 g/mol. The first kappa shape index (κ1) is 19.7. The van der Waals surface area contributed by atoms with Crippen molar-refractivity contribution in [3.63, 3.8) is 0 Å². The molecule has 1 spiro atoms. The number of nitrogens with one attached hydrogen (secondary N) is 1. The van der Waals surface area contributed by atoms with E-state index in [4.69, 9.17) is 14.5 Å². The number of pyridine rings is 2. The third-order valence-electron chi connectivity index (χ3n) is 6.09. The lowest BCUT2D eigenvalue weighted by molar-refractivity contribution is -0.114. The summed E-state index contributed by atoms with van der Waals surface area (Å²) in [5, 5.41) is 13.1. The summed E-state index contributed by atoms with van der Waals surface area (Å²) in [4.78, 5) is 20.9. The Morgan fingerprint density at radius 2 is 2.26 bits per heavy atom. The molecule has 1 N–H and O–H groups in total. The van der Waals surface area contributed by atoms with Crippen LogP contribution in [0.5, 0.6) is 0 Å². The number of carbonyl (C=O) groups is 1. The zero-order valence-corrected chi connectivity index (χ0v) is 17.6. The molecule has 5 rings (SSSR count). The predicted octanol–water partition coefficient (Wildman–Crippen LogP) is 2.85. The maximum atomic E-state index is 11.5. The first-order chi connectivity index (χ1) is 15.0. The van der Waals surface area contributed by atoms with Crippen molar-refractivity contribution in [3.8, 4) is 17.3 Å². The van der Waals surface area contributed by atoms with Gasteiger partial charge in [0, 0.05) is 44.1 Å². The molecular weight excluding hydrogens is 394 g/mol. The molecule has 0 saturated carbocycles. The standard InChI is InChI=1S/C23H23N5O3/c1-14(29)26-21-10-17-18(12-28(2)20(17)11-25-21)19-9-15(3-6-24)16-4-7-31-23(22(16)27-19)5-8-30-13-23/h9-12H,3-5,7-8,13H2,1-2H3,(H,25,26,29). The maximum absolute atomic E-state index is 11.5. The lowest BCUT2D eigenvalue weighted by Crippen LogP contribution is -2.37. The molecule has 2 aliphatic heterocycles. The molecule has 0 radical (unpaired) electrons. The van der Waals surface area contributed by atoms with Gasteiger partial charge in [-0.25, -0.2) is 9.97 Å². The minimum absolute atomic E-state index is 0.173. The fourth-order valence-corrected chi connectivity index (χ4v) is 4.66. The zero-order chi connectivity index (χ0) is 21.6. The van der Waals surface area contributed by atoms with Crippen molar-refractivity contribution < 1.29 is 14.3 Å². The van der Waals surface area contributed by atoms with Crippen molar-refractivity contribution in [2.24, 2.45) is 7.05 Å². The molecule has 1 atom stereocenters. The highest BCUT2D eigenvalue weighted by Gasteiger charge is 2.44. The normalized spacial score (nSPS) is 20.0. The molecule has 158 valence electrons. The quantitative estimate of drug-likeness (QED) is 0.703. The van der Waals surface area contributed by atoms with Gasteiger partial charge in [-0.05, 0) is 29.7 Å². The second-order valence-corrected chi connectivity index (χ2v) is 8.15. The van der Waals surface area contributed by atoms with E-state index in [1.807, 2.05) is 29.9 Å². The van der Waals surface area contributed by atoms with Crippen LogP contribution >= 0.6 is 0 Å². The van der Waals surface area contributed by atoms with E-state index in [1.54, 1.807) is 6.20 Å². The highest BCUT2D eigenvalue weighted by Crippen LogP contribution is 2.42. The SMILES string of the molecule is CC(=O)Nc1cc2c(-c3cc(CC#N)c4c(n3)C3(CCOC3)OCC4)cn(C)c2cn1. The number of nitriles is 1. The lowest BCUT2D eigenvalue weighted by atomic mass is 9.86. The van der Waals surface area contributed by atoms with Crippen LogP contribution in [-0.4, -0.2) is 40.3 Å². The van der Waals surface area contributed by atoms with Crippen LogP contribution in [0.1, 0.15) is 30.2 Å². The molecule has 3 aromatic heterocycles. The predicted molar refractivity (Wildman–Crippen MR) is 114 cm³/mol. The molecule has 5 heterocycles. The largest absolute Gasteiger partial charge is 0.378 e. The molecule has 0 bridgehead atoms. The first-order valence-corrected chi connectivity index (χ1v) is 10.4. The molecule has 1 unspecified atom stereocenters. The first-order valence-electron chi connectivity index (χ1n) is 10.4. The van der Waals surface area contributed by atoms with Gasteiger partial charge < -0.3 is 19.4 Å². The lowest BCUT2D eigenvalue weighted by Gasteiger charge is -2.34. The third kappa shape index (κ3) is 3.26. The molecule has 0 aromatic carbocycles. The summed E-state index contributed by atoms with van der Waals surface area (Å²) in [5.41, 5.74) is 5.10. The summed E-state index contributed by atoms with van der Waals surface area (Å²) in [7, 11) is 1.95. The average Bonchev–Trinajstić information content (AvgIpc) is 3.33. The van der Waals surface area contributed by atoms with Gasteiger partial charge in [-0.3, -0.25) is 4.79 Å². The molecule has 1 amide bonds. The number of nitrogens with zero attached hydrogens (tertiary/aromatic N) is 4. The number of aromatic nitrogens is 3. The highest BCUT2D eigenvalue weighted by molar-refractivity contribution is 5.98. The maximum Gasteiger partial charge on any atom is 0.222 e. The Kier molecular flexibility index (Phi) is 4.73. The topological polar surface area (TPSA) is 102 Å². The average molecular weight is 417 g/mol. The van der Waals surface area contributed by atoms with E-state index >= 15 is 0 Å². The summed E-state index contributed by atoms with van der Waals surface area (Å²) in [5.74, 6) is 0.319. The molecule has 1 fully saturated rings.